The van der Waals surface area contributed by atoms with Crippen molar-refractivity contribution in [3.8, 4) is 0 Å². The summed E-state index contributed by atoms with van der Waals surface area (Å²) in [5, 5.41) is 0. The summed E-state index contributed by atoms with van der Waals surface area (Å²) in [5.74, 6) is -0.620. The maximum atomic E-state index is 13.6. The zero-order chi connectivity index (χ0) is 14.0. The smallest absolute Gasteiger partial charge is 0.271 e. The van der Waals surface area contributed by atoms with E-state index in [4.69, 9.17) is 0 Å². The molecule has 0 radical (unpaired) electrons. The van der Waals surface area contributed by atoms with Crippen molar-refractivity contribution in [2.24, 2.45) is 0 Å². The van der Waals surface area contributed by atoms with Crippen LogP contribution in [-0.2, 0) is 16.4 Å². The first-order valence-electron chi connectivity index (χ1n) is 5.49. The van der Waals surface area contributed by atoms with Crippen molar-refractivity contribution in [3.05, 3.63) is 45.5 Å². The minimum Gasteiger partial charge on any atom is -0.276 e. The van der Waals surface area contributed by atoms with Crippen LogP contribution in [0, 0.1) is 5.82 Å². The highest BCUT2D eigenvalue weighted by Gasteiger charge is 2.18. The Bertz CT molecular complexity index is 698. The van der Waals surface area contributed by atoms with E-state index in [0.29, 0.717) is 4.47 Å². The molecule has 19 heavy (non-hydrogen) atoms. The van der Waals surface area contributed by atoms with Crippen LogP contribution in [0.3, 0.4) is 0 Å². The van der Waals surface area contributed by atoms with Crippen LogP contribution in [0.15, 0.2) is 39.0 Å². The number of hydrogen-bond acceptors (Lipinski definition) is 3. The second-order valence-corrected chi connectivity index (χ2v) is 7.80. The lowest BCUT2D eigenvalue weighted by Gasteiger charge is -2.07. The molecule has 2 aromatic rings. The average molecular weight is 364 g/mol. The number of benzene rings is 1. The van der Waals surface area contributed by atoms with Crippen LogP contribution < -0.4 is 4.72 Å². The van der Waals surface area contributed by atoms with E-state index in [9.17, 15) is 12.8 Å². The van der Waals surface area contributed by atoms with Crippen molar-refractivity contribution in [3.63, 3.8) is 0 Å². The second kappa shape index (κ2) is 5.60. The fourth-order valence-electron chi connectivity index (χ4n) is 1.46. The molecule has 0 unspecified atom stereocenters. The van der Waals surface area contributed by atoms with Gasteiger partial charge in [0.05, 0.1) is 5.69 Å². The molecule has 3 nitrogen and oxygen atoms in total. The minimum absolute atomic E-state index is 0.0605. The number of sulfonamides is 1. The molecule has 0 spiro atoms. The first kappa shape index (κ1) is 14.5. The first-order valence-corrected chi connectivity index (χ1v) is 8.58. The lowest BCUT2D eigenvalue weighted by Crippen LogP contribution is -2.12. The Hall–Kier alpha value is -0.920. The van der Waals surface area contributed by atoms with E-state index in [1.54, 1.807) is 12.1 Å². The predicted molar refractivity (Wildman–Crippen MR) is 78.6 cm³/mol. The SMILES string of the molecule is CCc1ccc(S(=O)(=O)Nc2ccc(Br)cc2F)s1. The van der Waals surface area contributed by atoms with Crippen molar-refractivity contribution in [2.75, 3.05) is 4.72 Å². The Kier molecular flexibility index (Phi) is 4.27. The fourth-order valence-corrected chi connectivity index (χ4v) is 4.16. The van der Waals surface area contributed by atoms with Crippen molar-refractivity contribution in [1.82, 2.24) is 0 Å². The van der Waals surface area contributed by atoms with Gasteiger partial charge in [-0.3, -0.25) is 4.72 Å². The van der Waals surface area contributed by atoms with Crippen LogP contribution in [0.1, 0.15) is 11.8 Å². The number of hydrogen-bond donors (Lipinski definition) is 1. The molecule has 1 N–H and O–H groups in total. The molecule has 1 aromatic carbocycles. The molecule has 1 aromatic heterocycles. The molecular weight excluding hydrogens is 353 g/mol. The molecule has 1 heterocycles. The zero-order valence-electron chi connectivity index (χ0n) is 9.98. The highest BCUT2D eigenvalue weighted by atomic mass is 79.9. The van der Waals surface area contributed by atoms with E-state index >= 15 is 0 Å². The maximum Gasteiger partial charge on any atom is 0.271 e. The van der Waals surface area contributed by atoms with Gasteiger partial charge in [-0.1, -0.05) is 22.9 Å². The zero-order valence-corrected chi connectivity index (χ0v) is 13.2. The highest BCUT2D eigenvalue weighted by Crippen LogP contribution is 2.26. The number of rotatable bonds is 4. The summed E-state index contributed by atoms with van der Waals surface area (Å²) in [6, 6.07) is 7.46. The monoisotopic (exact) mass is 363 g/mol. The molecular formula is C12H11BrFNO2S2. The molecule has 0 saturated heterocycles. The Morgan fingerprint density at radius 2 is 2.05 bits per heavy atom. The van der Waals surface area contributed by atoms with Crippen LogP contribution in [-0.4, -0.2) is 8.42 Å². The van der Waals surface area contributed by atoms with E-state index in [1.807, 2.05) is 6.92 Å². The highest BCUT2D eigenvalue weighted by molar-refractivity contribution is 9.10. The Morgan fingerprint density at radius 3 is 2.63 bits per heavy atom. The largest absolute Gasteiger partial charge is 0.276 e. The minimum atomic E-state index is -3.72. The molecule has 0 aliphatic carbocycles. The summed E-state index contributed by atoms with van der Waals surface area (Å²) < 4.78 is 40.8. The van der Waals surface area contributed by atoms with Crippen molar-refractivity contribution in [1.29, 1.82) is 0 Å². The van der Waals surface area contributed by atoms with Gasteiger partial charge in [-0.15, -0.1) is 11.3 Å². The van der Waals surface area contributed by atoms with Gasteiger partial charge in [-0.2, -0.15) is 0 Å². The molecule has 7 heteroatoms. The number of anilines is 1. The van der Waals surface area contributed by atoms with Crippen molar-refractivity contribution < 1.29 is 12.8 Å². The summed E-state index contributed by atoms with van der Waals surface area (Å²) in [6.45, 7) is 1.95. The molecule has 0 saturated carbocycles. The van der Waals surface area contributed by atoms with Crippen LogP contribution in [0.5, 0.6) is 0 Å². The van der Waals surface area contributed by atoms with E-state index in [1.165, 1.54) is 29.5 Å². The van der Waals surface area contributed by atoms with E-state index in [0.717, 1.165) is 11.3 Å². The summed E-state index contributed by atoms with van der Waals surface area (Å²) in [5.41, 5.74) is -0.0605. The molecule has 0 fully saturated rings. The summed E-state index contributed by atoms with van der Waals surface area (Å²) in [4.78, 5) is 0.969. The molecule has 2 rings (SSSR count). The fraction of sp³-hybridized carbons (Fsp3) is 0.167. The Morgan fingerprint density at radius 1 is 1.32 bits per heavy atom. The van der Waals surface area contributed by atoms with E-state index in [-0.39, 0.29) is 9.90 Å². The number of aryl methyl sites for hydroxylation is 1. The van der Waals surface area contributed by atoms with E-state index in [2.05, 4.69) is 20.7 Å². The Labute approximate surface area is 123 Å². The van der Waals surface area contributed by atoms with Crippen molar-refractivity contribution in [2.45, 2.75) is 17.6 Å². The third kappa shape index (κ3) is 3.34. The standard InChI is InChI=1S/C12H11BrFNO2S2/c1-2-9-4-6-12(18-9)19(16,17)15-11-5-3-8(13)7-10(11)14/h3-7,15H,2H2,1H3. The van der Waals surface area contributed by atoms with Gasteiger partial charge < -0.3 is 0 Å². The molecule has 0 aliphatic heterocycles. The third-order valence-corrected chi connectivity index (χ3v) is 6.01. The van der Waals surface area contributed by atoms with Gasteiger partial charge in [-0.05, 0) is 36.8 Å². The average Bonchev–Trinajstić information content (AvgIpc) is 2.82. The lowest BCUT2D eigenvalue weighted by atomic mass is 10.3. The maximum absolute atomic E-state index is 13.6. The normalized spacial score (nSPS) is 11.5. The van der Waals surface area contributed by atoms with Gasteiger partial charge in [0, 0.05) is 9.35 Å². The first-order chi connectivity index (χ1) is 8.92. The third-order valence-electron chi connectivity index (χ3n) is 2.43. The van der Waals surface area contributed by atoms with E-state index < -0.39 is 15.8 Å². The Balaban J connectivity index is 2.30. The molecule has 0 atom stereocenters. The number of halogens is 2. The quantitative estimate of drug-likeness (QED) is 0.891. The van der Waals surface area contributed by atoms with Crippen molar-refractivity contribution >= 4 is 43.0 Å². The van der Waals surface area contributed by atoms with Gasteiger partial charge in [0.15, 0.2) is 0 Å². The summed E-state index contributed by atoms with van der Waals surface area (Å²) >= 11 is 4.30. The summed E-state index contributed by atoms with van der Waals surface area (Å²) in [7, 11) is -3.72. The van der Waals surface area contributed by atoms with Crippen LogP contribution in [0.2, 0.25) is 0 Å². The topological polar surface area (TPSA) is 46.2 Å². The van der Waals surface area contributed by atoms with Crippen LogP contribution >= 0.6 is 27.3 Å². The van der Waals surface area contributed by atoms with Crippen LogP contribution in [0.4, 0.5) is 10.1 Å². The van der Waals surface area contributed by atoms with Gasteiger partial charge >= 0.3 is 0 Å². The van der Waals surface area contributed by atoms with Gasteiger partial charge in [-0.25, -0.2) is 12.8 Å². The number of thiophene rings is 1. The number of nitrogens with one attached hydrogen (secondary N) is 1. The molecule has 0 aliphatic rings. The lowest BCUT2D eigenvalue weighted by molar-refractivity contribution is 0.600. The second-order valence-electron chi connectivity index (χ2n) is 3.80. The van der Waals surface area contributed by atoms with Gasteiger partial charge in [0.25, 0.3) is 10.0 Å². The van der Waals surface area contributed by atoms with Gasteiger partial charge in [0.2, 0.25) is 0 Å². The van der Waals surface area contributed by atoms with Gasteiger partial charge in [0.1, 0.15) is 10.0 Å². The summed E-state index contributed by atoms with van der Waals surface area (Å²) in [6.07, 6.45) is 0.771. The van der Waals surface area contributed by atoms with Crippen LogP contribution in [0.25, 0.3) is 0 Å². The molecule has 102 valence electrons. The molecule has 0 bridgehead atoms. The predicted octanol–water partition coefficient (Wildman–Crippen LogP) is 4.01. The molecule has 0 amide bonds.